The molecule has 1 rings (SSSR count). The summed E-state index contributed by atoms with van der Waals surface area (Å²) in [6.07, 6.45) is 2.45. The van der Waals surface area contributed by atoms with Gasteiger partial charge in [0, 0.05) is 19.7 Å². The molecule has 1 aliphatic carbocycles. The third kappa shape index (κ3) is 7.62. The average molecular weight is 278 g/mol. The number of rotatable bonds is 10. The van der Waals surface area contributed by atoms with Crippen LogP contribution in [-0.4, -0.2) is 58.7 Å². The van der Waals surface area contributed by atoms with E-state index in [1.165, 1.54) is 0 Å². The summed E-state index contributed by atoms with van der Waals surface area (Å²) in [6.45, 7) is 1.93. The Morgan fingerprint density at radius 2 is 2.06 bits per heavy atom. The first kappa shape index (κ1) is 15.4. The summed E-state index contributed by atoms with van der Waals surface area (Å²) in [5.41, 5.74) is 0. The molecule has 6 nitrogen and oxygen atoms in total. The Morgan fingerprint density at radius 1 is 1.33 bits per heavy atom. The summed E-state index contributed by atoms with van der Waals surface area (Å²) in [5, 5.41) is 5.74. The summed E-state index contributed by atoms with van der Waals surface area (Å²) in [5.74, 6) is -0.711. The van der Waals surface area contributed by atoms with Crippen molar-refractivity contribution < 1.29 is 17.9 Å². The number of carbonyl (C=O) groups is 1. The van der Waals surface area contributed by atoms with E-state index in [1.54, 1.807) is 7.11 Å². The molecule has 0 aliphatic heterocycles. The van der Waals surface area contributed by atoms with E-state index < -0.39 is 9.84 Å². The lowest BCUT2D eigenvalue weighted by Gasteiger charge is -2.06. The average Bonchev–Trinajstić information content (AvgIpc) is 3.06. The van der Waals surface area contributed by atoms with E-state index in [9.17, 15) is 13.2 Å². The van der Waals surface area contributed by atoms with Gasteiger partial charge in [0.05, 0.1) is 12.4 Å². The lowest BCUT2D eigenvalue weighted by Crippen LogP contribution is -2.33. The van der Waals surface area contributed by atoms with Gasteiger partial charge in [0.2, 0.25) is 5.91 Å². The van der Waals surface area contributed by atoms with Gasteiger partial charge in [0.1, 0.15) is 5.75 Å². The van der Waals surface area contributed by atoms with Crippen LogP contribution in [0, 0.1) is 0 Å². The lowest BCUT2D eigenvalue weighted by atomic mass is 10.5. The highest BCUT2D eigenvalue weighted by atomic mass is 32.2. The number of ether oxygens (including phenoxy) is 1. The summed E-state index contributed by atoms with van der Waals surface area (Å²) in [4.78, 5) is 11.4. The Hall–Kier alpha value is -0.660. The Morgan fingerprint density at radius 3 is 2.67 bits per heavy atom. The van der Waals surface area contributed by atoms with Crippen molar-refractivity contribution in [3.63, 3.8) is 0 Å². The highest BCUT2D eigenvalue weighted by Gasteiger charge is 2.25. The monoisotopic (exact) mass is 278 g/mol. The van der Waals surface area contributed by atoms with Crippen molar-refractivity contribution in [1.29, 1.82) is 0 Å². The topological polar surface area (TPSA) is 84.5 Å². The minimum absolute atomic E-state index is 0.0467. The normalized spacial score (nSPS) is 15.6. The SMILES string of the molecule is COCCNCCCS(=O)(=O)CC(=O)NC1CC1. The molecular weight excluding hydrogens is 256 g/mol. The zero-order valence-corrected chi connectivity index (χ0v) is 11.6. The third-order valence-electron chi connectivity index (χ3n) is 2.59. The maximum atomic E-state index is 11.6. The molecule has 2 N–H and O–H groups in total. The van der Waals surface area contributed by atoms with Gasteiger partial charge in [-0.25, -0.2) is 8.42 Å². The zero-order valence-electron chi connectivity index (χ0n) is 10.8. The minimum Gasteiger partial charge on any atom is -0.383 e. The molecule has 0 atom stereocenters. The standard InChI is InChI=1S/C11H22N2O4S/c1-17-7-6-12-5-2-8-18(15,16)9-11(14)13-10-3-4-10/h10,12H,2-9H2,1H3,(H,13,14). The molecule has 106 valence electrons. The summed E-state index contributed by atoms with van der Waals surface area (Å²) < 4.78 is 28.1. The number of sulfone groups is 1. The molecule has 18 heavy (non-hydrogen) atoms. The van der Waals surface area contributed by atoms with Crippen LogP contribution in [0.4, 0.5) is 0 Å². The maximum Gasteiger partial charge on any atom is 0.235 e. The number of hydrogen-bond donors (Lipinski definition) is 2. The summed E-state index contributed by atoms with van der Waals surface area (Å²) in [7, 11) is -1.66. The number of methoxy groups -OCH3 is 1. The number of amides is 1. The van der Waals surface area contributed by atoms with Crippen LogP contribution in [0.25, 0.3) is 0 Å². The molecule has 0 aromatic rings. The highest BCUT2D eigenvalue weighted by molar-refractivity contribution is 7.92. The molecule has 0 aromatic heterocycles. The van der Waals surface area contributed by atoms with Gasteiger partial charge in [0.25, 0.3) is 0 Å². The molecule has 0 unspecified atom stereocenters. The van der Waals surface area contributed by atoms with Crippen molar-refractivity contribution in [3.8, 4) is 0 Å². The van der Waals surface area contributed by atoms with Crippen molar-refractivity contribution in [3.05, 3.63) is 0 Å². The Kier molecular flexibility index (Phi) is 6.59. The van der Waals surface area contributed by atoms with Crippen LogP contribution < -0.4 is 10.6 Å². The van der Waals surface area contributed by atoms with Crippen LogP contribution in [0.1, 0.15) is 19.3 Å². The van der Waals surface area contributed by atoms with Crippen LogP contribution in [0.3, 0.4) is 0 Å². The first-order valence-corrected chi connectivity index (χ1v) is 8.05. The van der Waals surface area contributed by atoms with Crippen molar-refractivity contribution in [2.45, 2.75) is 25.3 Å². The number of hydrogen-bond acceptors (Lipinski definition) is 5. The van der Waals surface area contributed by atoms with Gasteiger partial charge in [-0.15, -0.1) is 0 Å². The summed E-state index contributed by atoms with van der Waals surface area (Å²) >= 11 is 0. The molecule has 0 aromatic carbocycles. The van der Waals surface area contributed by atoms with Crippen LogP contribution in [0.5, 0.6) is 0 Å². The minimum atomic E-state index is -3.27. The van der Waals surface area contributed by atoms with Gasteiger partial charge in [0.15, 0.2) is 9.84 Å². The molecule has 1 fully saturated rings. The van der Waals surface area contributed by atoms with Gasteiger partial charge in [-0.05, 0) is 25.8 Å². The predicted octanol–water partition coefficient (Wildman–Crippen LogP) is -0.694. The van der Waals surface area contributed by atoms with Gasteiger partial charge in [-0.1, -0.05) is 0 Å². The molecule has 0 heterocycles. The first-order valence-electron chi connectivity index (χ1n) is 6.23. The second-order valence-corrected chi connectivity index (χ2v) is 6.71. The first-order chi connectivity index (χ1) is 8.53. The van der Waals surface area contributed by atoms with E-state index in [2.05, 4.69) is 10.6 Å². The second kappa shape index (κ2) is 7.70. The van der Waals surface area contributed by atoms with E-state index in [1.807, 2.05) is 0 Å². The quantitative estimate of drug-likeness (QED) is 0.517. The molecule has 1 saturated carbocycles. The summed E-state index contributed by atoms with van der Waals surface area (Å²) in [6, 6.07) is 0.211. The Balaban J connectivity index is 2.08. The highest BCUT2D eigenvalue weighted by Crippen LogP contribution is 2.18. The van der Waals surface area contributed by atoms with Crippen molar-refractivity contribution in [2.24, 2.45) is 0 Å². The number of carbonyl (C=O) groups excluding carboxylic acids is 1. The van der Waals surface area contributed by atoms with Crippen LogP contribution in [-0.2, 0) is 19.4 Å². The molecule has 1 aliphatic rings. The largest absolute Gasteiger partial charge is 0.383 e. The van der Waals surface area contributed by atoms with Gasteiger partial charge in [-0.3, -0.25) is 4.79 Å². The van der Waals surface area contributed by atoms with Crippen LogP contribution in [0.2, 0.25) is 0 Å². The fourth-order valence-electron chi connectivity index (χ4n) is 1.49. The number of nitrogens with one attached hydrogen (secondary N) is 2. The molecule has 1 amide bonds. The van der Waals surface area contributed by atoms with Gasteiger partial charge < -0.3 is 15.4 Å². The smallest absolute Gasteiger partial charge is 0.235 e. The van der Waals surface area contributed by atoms with E-state index in [0.29, 0.717) is 26.1 Å². The second-order valence-electron chi connectivity index (χ2n) is 4.53. The van der Waals surface area contributed by atoms with Gasteiger partial charge >= 0.3 is 0 Å². The van der Waals surface area contributed by atoms with Crippen LogP contribution in [0.15, 0.2) is 0 Å². The van der Waals surface area contributed by atoms with Crippen molar-refractivity contribution in [2.75, 3.05) is 38.3 Å². The lowest BCUT2D eigenvalue weighted by molar-refractivity contribution is -0.118. The zero-order chi connectivity index (χ0) is 13.4. The molecule has 0 radical (unpaired) electrons. The van der Waals surface area contributed by atoms with E-state index >= 15 is 0 Å². The Labute approximate surface area is 108 Å². The maximum absolute atomic E-state index is 11.6. The molecular formula is C11H22N2O4S. The predicted molar refractivity (Wildman–Crippen MR) is 69.2 cm³/mol. The third-order valence-corrected chi connectivity index (χ3v) is 4.20. The fraction of sp³-hybridized carbons (Fsp3) is 0.909. The van der Waals surface area contributed by atoms with E-state index in [0.717, 1.165) is 12.8 Å². The fourth-order valence-corrected chi connectivity index (χ4v) is 2.70. The van der Waals surface area contributed by atoms with E-state index in [-0.39, 0.29) is 23.5 Å². The Bertz CT molecular complexity index is 352. The van der Waals surface area contributed by atoms with Crippen molar-refractivity contribution >= 4 is 15.7 Å². The molecule has 0 saturated heterocycles. The van der Waals surface area contributed by atoms with Crippen molar-refractivity contribution in [1.82, 2.24) is 10.6 Å². The van der Waals surface area contributed by atoms with Gasteiger partial charge in [-0.2, -0.15) is 0 Å². The van der Waals surface area contributed by atoms with Crippen LogP contribution >= 0.6 is 0 Å². The molecule has 0 spiro atoms. The van der Waals surface area contributed by atoms with E-state index in [4.69, 9.17) is 4.74 Å². The molecule has 0 bridgehead atoms. The molecule has 7 heteroatoms.